The van der Waals surface area contributed by atoms with Gasteiger partial charge in [0.25, 0.3) is 0 Å². The number of aromatic nitrogens is 4. The summed E-state index contributed by atoms with van der Waals surface area (Å²) in [7, 11) is 0. The summed E-state index contributed by atoms with van der Waals surface area (Å²) < 4.78 is 1.55. The summed E-state index contributed by atoms with van der Waals surface area (Å²) >= 11 is 0. The molecule has 6 nitrogen and oxygen atoms in total. The Kier molecular flexibility index (Phi) is 2.24. The topological polar surface area (TPSA) is 83.8 Å². The third kappa shape index (κ3) is 1.50. The van der Waals surface area contributed by atoms with Crippen molar-refractivity contribution in [1.82, 2.24) is 20.0 Å². The molecule has 2 rings (SSSR count). The van der Waals surface area contributed by atoms with Crippen LogP contribution >= 0.6 is 0 Å². The van der Waals surface area contributed by atoms with Gasteiger partial charge in [-0.05, 0) is 19.1 Å². The molecule has 0 spiro atoms. The number of rotatable bonds is 3. The number of aryl methyl sites for hydroxylation is 1. The van der Waals surface area contributed by atoms with Gasteiger partial charge in [0.2, 0.25) is 0 Å². The van der Waals surface area contributed by atoms with E-state index in [4.69, 9.17) is 5.11 Å². The fourth-order valence-electron chi connectivity index (χ4n) is 1.42. The molecule has 0 fully saturated rings. The van der Waals surface area contributed by atoms with E-state index in [1.54, 1.807) is 23.0 Å². The maximum Gasteiger partial charge on any atom is 0.358 e. The highest BCUT2D eigenvalue weighted by atomic mass is 16.4. The van der Waals surface area contributed by atoms with E-state index in [9.17, 15) is 4.79 Å². The molecule has 0 aromatic carbocycles. The van der Waals surface area contributed by atoms with Gasteiger partial charge in [0.1, 0.15) is 5.69 Å². The summed E-state index contributed by atoms with van der Waals surface area (Å²) in [6.45, 7) is 2.46. The van der Waals surface area contributed by atoms with Gasteiger partial charge in [0, 0.05) is 12.7 Å². The minimum atomic E-state index is -1.07. The first kappa shape index (κ1) is 9.45. The van der Waals surface area contributed by atoms with Crippen molar-refractivity contribution in [2.75, 3.05) is 0 Å². The number of H-pyrrole nitrogens is 1. The predicted octanol–water partition coefficient (Wildman–Crippen LogP) is 0.991. The minimum Gasteiger partial charge on any atom is -0.476 e. The molecule has 0 aliphatic rings. The molecule has 0 saturated heterocycles. The Bertz CT molecular complexity index is 472. The van der Waals surface area contributed by atoms with E-state index in [2.05, 4.69) is 15.3 Å². The fourth-order valence-corrected chi connectivity index (χ4v) is 1.42. The summed E-state index contributed by atoms with van der Waals surface area (Å²) in [5, 5.41) is 16.4. The molecule has 6 heteroatoms. The summed E-state index contributed by atoms with van der Waals surface area (Å²) in [5.74, 6) is -1.07. The molecule has 0 aliphatic carbocycles. The molecule has 78 valence electrons. The lowest BCUT2D eigenvalue weighted by atomic mass is 10.2. The summed E-state index contributed by atoms with van der Waals surface area (Å²) in [5.41, 5.74) is 1.19. The van der Waals surface area contributed by atoms with Crippen LogP contribution in [0.1, 0.15) is 17.4 Å². The zero-order valence-corrected chi connectivity index (χ0v) is 8.14. The molecule has 0 unspecified atom stereocenters. The second kappa shape index (κ2) is 3.56. The van der Waals surface area contributed by atoms with Gasteiger partial charge < -0.3 is 10.1 Å². The average Bonchev–Trinajstić information content (AvgIpc) is 2.85. The highest BCUT2D eigenvalue weighted by molar-refractivity contribution is 5.92. The van der Waals surface area contributed by atoms with Gasteiger partial charge in [-0.1, -0.05) is 5.21 Å². The highest BCUT2D eigenvalue weighted by Gasteiger charge is 2.20. The van der Waals surface area contributed by atoms with Crippen LogP contribution in [0.4, 0.5) is 0 Å². The number of carbonyl (C=O) groups is 1. The van der Waals surface area contributed by atoms with E-state index in [0.717, 1.165) is 0 Å². The van der Waals surface area contributed by atoms with Crippen molar-refractivity contribution in [2.45, 2.75) is 13.5 Å². The molecule has 0 aliphatic heterocycles. The molecule has 15 heavy (non-hydrogen) atoms. The second-order valence-corrected chi connectivity index (χ2v) is 2.99. The Hall–Kier alpha value is -2.11. The second-order valence-electron chi connectivity index (χ2n) is 2.99. The van der Waals surface area contributed by atoms with Crippen LogP contribution in [0.3, 0.4) is 0 Å². The quantitative estimate of drug-likeness (QED) is 0.784. The Labute approximate surface area is 85.5 Å². The average molecular weight is 206 g/mol. The number of carboxylic acid groups (broad SMARTS) is 1. The predicted molar refractivity (Wildman–Crippen MR) is 52.4 cm³/mol. The molecule has 2 N–H and O–H groups in total. The first-order chi connectivity index (χ1) is 7.24. The van der Waals surface area contributed by atoms with E-state index in [-0.39, 0.29) is 5.69 Å². The number of nitrogens with zero attached hydrogens (tertiary/aromatic N) is 3. The van der Waals surface area contributed by atoms with Crippen LogP contribution in [-0.2, 0) is 6.54 Å². The molecule has 0 bridgehead atoms. The summed E-state index contributed by atoms with van der Waals surface area (Å²) in [6, 6.07) is 3.59. The zero-order valence-electron chi connectivity index (χ0n) is 8.14. The van der Waals surface area contributed by atoms with E-state index in [1.807, 2.05) is 6.92 Å². The van der Waals surface area contributed by atoms with Gasteiger partial charge in [0.05, 0.1) is 5.69 Å². The highest BCUT2D eigenvalue weighted by Crippen LogP contribution is 2.19. The molecular weight excluding hydrogens is 196 g/mol. The third-order valence-corrected chi connectivity index (χ3v) is 2.09. The molecular formula is C9H10N4O2. The Morgan fingerprint density at radius 1 is 1.67 bits per heavy atom. The molecule has 2 aromatic rings. The lowest BCUT2D eigenvalue weighted by Gasteiger charge is -2.01. The molecule has 0 atom stereocenters. The van der Waals surface area contributed by atoms with Crippen molar-refractivity contribution in [3.8, 4) is 11.4 Å². The van der Waals surface area contributed by atoms with Gasteiger partial charge >= 0.3 is 5.97 Å². The van der Waals surface area contributed by atoms with Gasteiger partial charge in [-0.3, -0.25) is 0 Å². The fraction of sp³-hybridized carbons (Fsp3) is 0.222. The maximum absolute atomic E-state index is 10.9. The molecule has 0 radical (unpaired) electrons. The van der Waals surface area contributed by atoms with Crippen molar-refractivity contribution in [2.24, 2.45) is 0 Å². The van der Waals surface area contributed by atoms with Crippen molar-refractivity contribution < 1.29 is 9.90 Å². The number of aromatic amines is 1. The summed E-state index contributed by atoms with van der Waals surface area (Å²) in [4.78, 5) is 13.9. The lowest BCUT2D eigenvalue weighted by Crippen LogP contribution is -2.03. The number of nitrogens with one attached hydrogen (secondary N) is 1. The van der Waals surface area contributed by atoms with Crippen molar-refractivity contribution >= 4 is 5.97 Å². The number of hydrogen-bond acceptors (Lipinski definition) is 3. The van der Waals surface area contributed by atoms with Crippen LogP contribution in [0.15, 0.2) is 18.3 Å². The monoisotopic (exact) mass is 206 g/mol. The van der Waals surface area contributed by atoms with Crippen LogP contribution in [-0.4, -0.2) is 31.1 Å². The first-order valence-corrected chi connectivity index (χ1v) is 4.54. The Morgan fingerprint density at radius 2 is 2.47 bits per heavy atom. The molecule has 0 saturated carbocycles. The lowest BCUT2D eigenvalue weighted by molar-refractivity contribution is 0.0691. The molecule has 0 amide bonds. The van der Waals surface area contributed by atoms with Crippen LogP contribution in [0.25, 0.3) is 11.4 Å². The van der Waals surface area contributed by atoms with Crippen molar-refractivity contribution in [3.63, 3.8) is 0 Å². The molecule has 2 heterocycles. The van der Waals surface area contributed by atoms with Crippen LogP contribution in [0.2, 0.25) is 0 Å². The largest absolute Gasteiger partial charge is 0.476 e. The van der Waals surface area contributed by atoms with Crippen LogP contribution < -0.4 is 0 Å². The van der Waals surface area contributed by atoms with Crippen molar-refractivity contribution in [1.29, 1.82) is 0 Å². The van der Waals surface area contributed by atoms with E-state index in [1.165, 1.54) is 0 Å². The zero-order chi connectivity index (χ0) is 10.8. The Morgan fingerprint density at radius 3 is 3.00 bits per heavy atom. The molecule has 2 aromatic heterocycles. The van der Waals surface area contributed by atoms with E-state index >= 15 is 0 Å². The van der Waals surface area contributed by atoms with Gasteiger partial charge in [-0.15, -0.1) is 5.10 Å². The minimum absolute atomic E-state index is 0.0284. The normalized spacial score (nSPS) is 10.5. The van der Waals surface area contributed by atoms with E-state index in [0.29, 0.717) is 17.9 Å². The van der Waals surface area contributed by atoms with Gasteiger partial charge in [0.15, 0.2) is 5.69 Å². The SMILES string of the molecule is CCn1nnc(C(=O)O)c1-c1ccc[nH]1. The first-order valence-electron chi connectivity index (χ1n) is 4.54. The number of carboxylic acids is 1. The smallest absolute Gasteiger partial charge is 0.358 e. The van der Waals surface area contributed by atoms with Gasteiger partial charge in [-0.25, -0.2) is 9.48 Å². The number of aromatic carboxylic acids is 1. The van der Waals surface area contributed by atoms with Crippen LogP contribution in [0.5, 0.6) is 0 Å². The standard InChI is InChI=1S/C9H10N4O2/c1-2-13-8(6-4-3-5-10-6)7(9(14)15)11-12-13/h3-5,10H,2H2,1H3,(H,14,15). The van der Waals surface area contributed by atoms with Gasteiger partial charge in [-0.2, -0.15) is 0 Å². The Balaban J connectivity index is 2.61. The van der Waals surface area contributed by atoms with E-state index < -0.39 is 5.97 Å². The summed E-state index contributed by atoms with van der Waals surface area (Å²) in [6.07, 6.45) is 1.73. The maximum atomic E-state index is 10.9. The van der Waals surface area contributed by atoms with Crippen molar-refractivity contribution in [3.05, 3.63) is 24.0 Å². The van der Waals surface area contributed by atoms with Crippen LogP contribution in [0, 0.1) is 0 Å². The number of hydrogen-bond donors (Lipinski definition) is 2. The third-order valence-electron chi connectivity index (χ3n) is 2.09.